The van der Waals surface area contributed by atoms with Gasteiger partial charge in [0.25, 0.3) is 0 Å². The average Bonchev–Trinajstić information content (AvgIpc) is 1.69. The molecule has 7 heavy (non-hydrogen) atoms. The van der Waals surface area contributed by atoms with Crippen LogP contribution in [0.15, 0.2) is 31.2 Å². The Bertz CT molecular complexity index is 88.4. The molecule has 1 heteroatoms. The fourth-order valence-corrected chi connectivity index (χ4v) is 0.175. The molecule has 0 saturated carbocycles. The first kappa shape index (κ1) is 6.06. The fourth-order valence-electron chi connectivity index (χ4n) is 0.175. The number of ether oxygens (including phenoxy) is 1. The predicted octanol–water partition coefficient (Wildman–Crippen LogP) is 1.49. The van der Waals surface area contributed by atoms with Crippen molar-refractivity contribution in [1.29, 1.82) is 0 Å². The van der Waals surface area contributed by atoms with E-state index in [0.717, 1.165) is 0 Å². The lowest BCUT2D eigenvalue weighted by Gasteiger charge is -1.86. The summed E-state index contributed by atoms with van der Waals surface area (Å²) in [5.74, 6) is 0. The Morgan fingerprint density at radius 1 is 1.71 bits per heavy atom. The molecule has 0 aromatic heterocycles. The van der Waals surface area contributed by atoms with E-state index in [-0.39, 0.29) is 0 Å². The Kier molecular flexibility index (Phi) is 4.38. The van der Waals surface area contributed by atoms with Crippen LogP contribution in [0.4, 0.5) is 0 Å². The largest absolute Gasteiger partial charge is 0.497 e. The maximum Gasteiger partial charge on any atom is 0.113 e. The summed E-state index contributed by atoms with van der Waals surface area (Å²) in [6.45, 7) is 7.20. The third-order valence-electron chi connectivity index (χ3n) is 0.442. The van der Waals surface area contributed by atoms with E-state index >= 15 is 0 Å². The maximum absolute atomic E-state index is 4.68. The molecule has 0 N–H and O–H groups in total. The molecule has 0 saturated heterocycles. The molecule has 0 spiro atoms. The lowest BCUT2D eigenvalue weighted by atomic mass is 10.6. The second kappa shape index (κ2) is 5.06. The second-order valence-electron chi connectivity index (χ2n) is 0.908. The molecular formula is C6H8O. The van der Waals surface area contributed by atoms with Crippen LogP contribution < -0.4 is 0 Å². The topological polar surface area (TPSA) is 9.23 Å². The van der Waals surface area contributed by atoms with Crippen LogP contribution >= 0.6 is 0 Å². The standard InChI is InChI=1S/C6H8O/c1-3-5-6-7-4-2/h4-5H,1-2,6H2. The zero-order valence-corrected chi connectivity index (χ0v) is 4.18. The van der Waals surface area contributed by atoms with E-state index in [4.69, 9.17) is 0 Å². The Morgan fingerprint density at radius 2 is 2.43 bits per heavy atom. The molecule has 0 aliphatic carbocycles. The minimum absolute atomic E-state index is 0.521. The van der Waals surface area contributed by atoms with Crippen LogP contribution in [0.3, 0.4) is 0 Å². The number of rotatable bonds is 3. The lowest BCUT2D eigenvalue weighted by Crippen LogP contribution is -1.75. The van der Waals surface area contributed by atoms with Gasteiger partial charge in [0.05, 0.1) is 6.26 Å². The average molecular weight is 96.1 g/mol. The molecule has 0 amide bonds. The minimum Gasteiger partial charge on any atom is -0.497 e. The molecule has 0 rings (SSSR count). The van der Waals surface area contributed by atoms with E-state index in [2.05, 4.69) is 23.6 Å². The highest BCUT2D eigenvalue weighted by atomic mass is 16.5. The molecule has 0 atom stereocenters. The van der Waals surface area contributed by atoms with Crippen molar-refractivity contribution in [3.8, 4) is 0 Å². The summed E-state index contributed by atoms with van der Waals surface area (Å²) < 4.78 is 4.68. The van der Waals surface area contributed by atoms with Gasteiger partial charge in [0, 0.05) is 0 Å². The Labute approximate surface area is 43.6 Å². The van der Waals surface area contributed by atoms with Crippen molar-refractivity contribution in [1.82, 2.24) is 0 Å². The fraction of sp³-hybridized carbons (Fsp3) is 0.167. The summed E-state index contributed by atoms with van der Waals surface area (Å²) >= 11 is 0. The Hall–Kier alpha value is -0.940. The van der Waals surface area contributed by atoms with Crippen molar-refractivity contribution in [2.45, 2.75) is 0 Å². The molecule has 0 aromatic rings. The molecule has 1 nitrogen and oxygen atoms in total. The highest BCUT2D eigenvalue weighted by Crippen LogP contribution is 1.71. The summed E-state index contributed by atoms with van der Waals surface area (Å²) in [6, 6.07) is 0. The summed E-state index contributed by atoms with van der Waals surface area (Å²) in [5.41, 5.74) is 2.55. The highest BCUT2D eigenvalue weighted by Gasteiger charge is 1.63. The van der Waals surface area contributed by atoms with Crippen LogP contribution in [-0.4, -0.2) is 6.61 Å². The van der Waals surface area contributed by atoms with Crippen LogP contribution in [0, 0.1) is 0 Å². The van der Waals surface area contributed by atoms with Crippen LogP contribution in [0.2, 0.25) is 0 Å². The van der Waals surface area contributed by atoms with E-state index in [1.54, 1.807) is 6.08 Å². The van der Waals surface area contributed by atoms with Crippen molar-refractivity contribution in [2.75, 3.05) is 6.61 Å². The molecule has 0 heterocycles. The molecule has 38 valence electrons. The monoisotopic (exact) mass is 96.1 g/mol. The van der Waals surface area contributed by atoms with Gasteiger partial charge < -0.3 is 4.74 Å². The maximum atomic E-state index is 4.68. The second-order valence-corrected chi connectivity index (χ2v) is 0.908. The molecule has 0 radical (unpaired) electrons. The molecule has 0 aromatic carbocycles. The van der Waals surface area contributed by atoms with Crippen LogP contribution in [0.5, 0.6) is 0 Å². The highest BCUT2D eigenvalue weighted by molar-refractivity contribution is 4.75. The van der Waals surface area contributed by atoms with Gasteiger partial charge in [-0.05, 0) is 6.08 Å². The van der Waals surface area contributed by atoms with Gasteiger partial charge in [-0.1, -0.05) is 13.2 Å². The summed E-state index contributed by atoms with van der Waals surface area (Å²) in [4.78, 5) is 0. The van der Waals surface area contributed by atoms with Crippen molar-refractivity contribution < 1.29 is 4.74 Å². The van der Waals surface area contributed by atoms with Gasteiger partial charge in [-0.3, -0.25) is 0 Å². The van der Waals surface area contributed by atoms with Crippen LogP contribution in [0.25, 0.3) is 0 Å². The van der Waals surface area contributed by atoms with E-state index in [1.165, 1.54) is 6.26 Å². The molecular weight excluding hydrogens is 88.1 g/mol. The van der Waals surface area contributed by atoms with Gasteiger partial charge in [0.15, 0.2) is 0 Å². The van der Waals surface area contributed by atoms with E-state index in [0.29, 0.717) is 6.61 Å². The quantitative estimate of drug-likeness (QED) is 0.294. The lowest BCUT2D eigenvalue weighted by molar-refractivity contribution is 0.291. The Morgan fingerprint density at radius 3 is 2.86 bits per heavy atom. The summed E-state index contributed by atoms with van der Waals surface area (Å²) in [7, 11) is 0. The zero-order valence-electron chi connectivity index (χ0n) is 4.18. The Balaban J connectivity index is 2.97. The van der Waals surface area contributed by atoms with Gasteiger partial charge in [-0.25, -0.2) is 0 Å². The van der Waals surface area contributed by atoms with Gasteiger partial charge in [0.1, 0.15) is 6.61 Å². The molecule has 0 unspecified atom stereocenters. The van der Waals surface area contributed by atoms with Crippen molar-refractivity contribution in [3.05, 3.63) is 31.2 Å². The summed E-state index contributed by atoms with van der Waals surface area (Å²) in [5, 5.41) is 0. The van der Waals surface area contributed by atoms with Crippen LogP contribution in [-0.2, 0) is 4.74 Å². The first-order chi connectivity index (χ1) is 3.41. The molecule has 0 aliphatic rings. The third-order valence-corrected chi connectivity index (χ3v) is 0.442. The molecule has 0 fully saturated rings. The normalized spacial score (nSPS) is 6.29. The summed E-state index contributed by atoms with van der Waals surface area (Å²) in [6.07, 6.45) is 3.06. The van der Waals surface area contributed by atoms with E-state index in [9.17, 15) is 0 Å². The first-order valence-electron chi connectivity index (χ1n) is 1.98. The smallest absolute Gasteiger partial charge is 0.113 e. The molecule has 0 bridgehead atoms. The zero-order chi connectivity index (χ0) is 5.54. The van der Waals surface area contributed by atoms with Gasteiger partial charge in [0.2, 0.25) is 0 Å². The van der Waals surface area contributed by atoms with Gasteiger partial charge in [-0.15, -0.1) is 5.73 Å². The van der Waals surface area contributed by atoms with Crippen molar-refractivity contribution in [3.63, 3.8) is 0 Å². The minimum atomic E-state index is 0.521. The number of hydrogen-bond acceptors (Lipinski definition) is 1. The SMILES string of the molecule is C=C=CCOC=C. The van der Waals surface area contributed by atoms with Crippen molar-refractivity contribution in [2.24, 2.45) is 0 Å². The van der Waals surface area contributed by atoms with E-state index in [1.807, 2.05) is 0 Å². The van der Waals surface area contributed by atoms with Gasteiger partial charge in [-0.2, -0.15) is 0 Å². The van der Waals surface area contributed by atoms with Crippen LogP contribution in [0.1, 0.15) is 0 Å². The third kappa shape index (κ3) is 5.06. The first-order valence-corrected chi connectivity index (χ1v) is 1.98. The predicted molar refractivity (Wildman–Crippen MR) is 29.9 cm³/mol. The number of hydrogen-bond donors (Lipinski definition) is 0. The van der Waals surface area contributed by atoms with Crippen molar-refractivity contribution >= 4 is 0 Å². The molecule has 0 aliphatic heterocycles. The van der Waals surface area contributed by atoms with E-state index < -0.39 is 0 Å². The van der Waals surface area contributed by atoms with Gasteiger partial charge >= 0.3 is 0 Å².